The lowest BCUT2D eigenvalue weighted by molar-refractivity contribution is 0.564. The Labute approximate surface area is 103 Å². The van der Waals surface area contributed by atoms with Crippen LogP contribution in [0.15, 0.2) is 52.4 Å². The molecule has 0 fully saturated rings. The van der Waals surface area contributed by atoms with Crippen LogP contribution in [0.4, 0.5) is 11.4 Å². The number of hydrogen-bond acceptors (Lipinski definition) is 4. The highest BCUT2D eigenvalue weighted by Crippen LogP contribution is 2.25. The van der Waals surface area contributed by atoms with Crippen LogP contribution >= 0.6 is 0 Å². The van der Waals surface area contributed by atoms with E-state index in [4.69, 9.17) is 0 Å². The molecule has 0 aliphatic heterocycles. The number of aliphatic imine (C=N–C) groups is 2. The minimum Gasteiger partial charge on any atom is -0.211 e. The van der Waals surface area contributed by atoms with Gasteiger partial charge in [0, 0.05) is 6.07 Å². The van der Waals surface area contributed by atoms with E-state index in [0.717, 1.165) is 11.1 Å². The quantitative estimate of drug-likeness (QED) is 0.606. The first-order chi connectivity index (χ1) is 8.83. The Morgan fingerprint density at radius 2 is 1.61 bits per heavy atom. The van der Waals surface area contributed by atoms with Gasteiger partial charge in [0.2, 0.25) is 12.2 Å². The fourth-order valence-electron chi connectivity index (χ4n) is 1.53. The van der Waals surface area contributed by atoms with Gasteiger partial charge in [0.25, 0.3) is 0 Å². The molecule has 2 rings (SSSR count). The van der Waals surface area contributed by atoms with Crippen LogP contribution in [0, 0.1) is 6.07 Å². The monoisotopic (exact) mass is 235 g/mol. The summed E-state index contributed by atoms with van der Waals surface area (Å²) in [7, 11) is 0. The second-order valence-corrected chi connectivity index (χ2v) is 3.42. The minimum atomic E-state index is 0.428. The van der Waals surface area contributed by atoms with E-state index in [1.165, 1.54) is 12.2 Å². The molecule has 0 spiro atoms. The molecule has 0 bridgehead atoms. The van der Waals surface area contributed by atoms with E-state index in [0.29, 0.717) is 11.4 Å². The van der Waals surface area contributed by atoms with Crippen molar-refractivity contribution in [1.29, 1.82) is 0 Å². The van der Waals surface area contributed by atoms with Gasteiger partial charge in [-0.05, 0) is 29.3 Å². The van der Waals surface area contributed by atoms with Crippen LogP contribution in [0.2, 0.25) is 0 Å². The average Bonchev–Trinajstić information content (AvgIpc) is 2.41. The van der Waals surface area contributed by atoms with Crippen LogP contribution in [-0.2, 0) is 9.59 Å². The maximum Gasteiger partial charge on any atom is 0.240 e. The Morgan fingerprint density at radius 3 is 2.28 bits per heavy atom. The molecule has 0 saturated heterocycles. The first-order valence-corrected chi connectivity index (χ1v) is 5.11. The fraction of sp³-hybridized carbons (Fsp3) is 0. The largest absolute Gasteiger partial charge is 0.240 e. The first kappa shape index (κ1) is 11.7. The third kappa shape index (κ3) is 2.66. The van der Waals surface area contributed by atoms with Crippen molar-refractivity contribution in [2.45, 2.75) is 0 Å². The Balaban J connectivity index is 2.38. The van der Waals surface area contributed by atoms with Gasteiger partial charge in [0.15, 0.2) is 0 Å². The third-order valence-corrected chi connectivity index (χ3v) is 2.33. The van der Waals surface area contributed by atoms with Gasteiger partial charge < -0.3 is 0 Å². The summed E-state index contributed by atoms with van der Waals surface area (Å²) in [6, 6.07) is 15.1. The summed E-state index contributed by atoms with van der Waals surface area (Å²) in [6.45, 7) is 0. The van der Waals surface area contributed by atoms with E-state index in [1.54, 1.807) is 24.3 Å². The molecular formula is C14H7N2O2. The molecule has 0 aliphatic rings. The highest BCUT2D eigenvalue weighted by atomic mass is 16.1. The van der Waals surface area contributed by atoms with Gasteiger partial charge in [0.1, 0.15) is 0 Å². The zero-order valence-corrected chi connectivity index (χ0v) is 9.25. The van der Waals surface area contributed by atoms with Crippen molar-refractivity contribution in [2.75, 3.05) is 0 Å². The van der Waals surface area contributed by atoms with Crippen molar-refractivity contribution in [3.8, 4) is 11.1 Å². The second-order valence-electron chi connectivity index (χ2n) is 3.42. The molecule has 18 heavy (non-hydrogen) atoms. The average molecular weight is 235 g/mol. The summed E-state index contributed by atoms with van der Waals surface area (Å²) in [4.78, 5) is 27.3. The summed E-state index contributed by atoms with van der Waals surface area (Å²) >= 11 is 0. The van der Waals surface area contributed by atoms with Gasteiger partial charge in [-0.3, -0.25) is 0 Å². The highest BCUT2D eigenvalue weighted by molar-refractivity contribution is 5.69. The molecule has 85 valence electrons. The fourth-order valence-corrected chi connectivity index (χ4v) is 1.53. The van der Waals surface area contributed by atoms with Crippen molar-refractivity contribution in [3.63, 3.8) is 0 Å². The Kier molecular flexibility index (Phi) is 3.57. The van der Waals surface area contributed by atoms with Crippen LogP contribution in [0.3, 0.4) is 0 Å². The molecule has 0 aliphatic carbocycles. The van der Waals surface area contributed by atoms with Crippen LogP contribution in [0.1, 0.15) is 0 Å². The molecule has 0 aromatic heterocycles. The first-order valence-electron chi connectivity index (χ1n) is 5.11. The molecule has 0 amide bonds. The molecule has 4 heteroatoms. The van der Waals surface area contributed by atoms with E-state index in [1.807, 2.05) is 18.2 Å². The second kappa shape index (κ2) is 5.51. The maximum atomic E-state index is 10.2. The number of rotatable bonds is 3. The predicted octanol–water partition coefficient (Wildman–Crippen LogP) is 3.09. The molecule has 4 nitrogen and oxygen atoms in total. The van der Waals surface area contributed by atoms with E-state index in [2.05, 4.69) is 16.1 Å². The normalized spacial score (nSPS) is 9.11. The summed E-state index contributed by atoms with van der Waals surface area (Å²) in [6.07, 6.45) is 2.96. The van der Waals surface area contributed by atoms with Crippen LogP contribution < -0.4 is 0 Å². The number of carbonyl (C=O) groups excluding carboxylic acids is 2. The number of isocyanates is 2. The molecular weight excluding hydrogens is 228 g/mol. The molecule has 2 aromatic carbocycles. The van der Waals surface area contributed by atoms with Gasteiger partial charge in [-0.2, -0.15) is 9.98 Å². The lowest BCUT2D eigenvalue weighted by atomic mass is 10.0. The van der Waals surface area contributed by atoms with Crippen molar-refractivity contribution >= 4 is 23.5 Å². The van der Waals surface area contributed by atoms with Crippen molar-refractivity contribution in [2.24, 2.45) is 9.98 Å². The number of nitrogens with zero attached hydrogens (tertiary/aromatic N) is 2. The molecule has 0 heterocycles. The highest BCUT2D eigenvalue weighted by Gasteiger charge is 1.99. The zero-order chi connectivity index (χ0) is 12.8. The van der Waals surface area contributed by atoms with Crippen molar-refractivity contribution in [3.05, 3.63) is 48.5 Å². The zero-order valence-electron chi connectivity index (χ0n) is 9.25. The SMILES string of the molecule is O=C=Nc1[c]ccc(-c2ccc(N=C=O)cc2)c1. The molecule has 0 atom stereocenters. The van der Waals surface area contributed by atoms with Crippen LogP contribution in [0.25, 0.3) is 11.1 Å². The summed E-state index contributed by atoms with van der Waals surface area (Å²) in [5, 5.41) is 0. The van der Waals surface area contributed by atoms with Gasteiger partial charge >= 0.3 is 0 Å². The standard InChI is InChI=1S/C14H7N2O2/c17-9-15-13-6-4-11(5-7-13)12-2-1-3-14(8-12)16-10-18/h1-2,4-8H. The Hall–Kier alpha value is -2.80. The van der Waals surface area contributed by atoms with Gasteiger partial charge in [-0.25, -0.2) is 9.59 Å². The number of benzene rings is 2. The minimum absolute atomic E-state index is 0.428. The summed E-state index contributed by atoms with van der Waals surface area (Å²) in [5.74, 6) is 0. The predicted molar refractivity (Wildman–Crippen MR) is 66.3 cm³/mol. The molecule has 0 N–H and O–H groups in total. The van der Waals surface area contributed by atoms with E-state index < -0.39 is 0 Å². The van der Waals surface area contributed by atoms with Gasteiger partial charge in [-0.15, -0.1) is 0 Å². The molecule has 0 unspecified atom stereocenters. The Bertz CT molecular complexity index is 650. The van der Waals surface area contributed by atoms with Gasteiger partial charge in [-0.1, -0.05) is 24.3 Å². The topological polar surface area (TPSA) is 58.9 Å². The van der Waals surface area contributed by atoms with E-state index in [9.17, 15) is 9.59 Å². The van der Waals surface area contributed by atoms with E-state index >= 15 is 0 Å². The lowest BCUT2D eigenvalue weighted by Crippen LogP contribution is -1.77. The molecule has 2 aromatic rings. The lowest BCUT2D eigenvalue weighted by Gasteiger charge is -2.02. The molecule has 0 saturated carbocycles. The molecule has 1 radical (unpaired) electrons. The van der Waals surface area contributed by atoms with Crippen molar-refractivity contribution in [1.82, 2.24) is 0 Å². The van der Waals surface area contributed by atoms with Crippen LogP contribution in [0.5, 0.6) is 0 Å². The summed E-state index contributed by atoms with van der Waals surface area (Å²) < 4.78 is 0. The number of hydrogen-bond donors (Lipinski definition) is 0. The maximum absolute atomic E-state index is 10.2. The van der Waals surface area contributed by atoms with E-state index in [-0.39, 0.29) is 0 Å². The van der Waals surface area contributed by atoms with Crippen molar-refractivity contribution < 1.29 is 9.59 Å². The van der Waals surface area contributed by atoms with Crippen LogP contribution in [-0.4, -0.2) is 12.2 Å². The third-order valence-electron chi connectivity index (χ3n) is 2.33. The Morgan fingerprint density at radius 1 is 0.889 bits per heavy atom. The summed E-state index contributed by atoms with van der Waals surface area (Å²) in [5.41, 5.74) is 2.79. The van der Waals surface area contributed by atoms with Gasteiger partial charge in [0.05, 0.1) is 11.4 Å². The smallest absolute Gasteiger partial charge is 0.211 e.